The van der Waals surface area contributed by atoms with Crippen LogP contribution in [0.1, 0.15) is 30.1 Å². The first-order chi connectivity index (χ1) is 8.27. The van der Waals surface area contributed by atoms with Crippen LogP contribution in [0, 0.1) is 13.8 Å². The van der Waals surface area contributed by atoms with Crippen molar-refractivity contribution in [1.29, 1.82) is 0 Å². The van der Waals surface area contributed by atoms with E-state index >= 15 is 0 Å². The van der Waals surface area contributed by atoms with Crippen molar-refractivity contribution < 1.29 is 0 Å². The fraction of sp³-hybridized carbons (Fsp3) is 0.500. The van der Waals surface area contributed by atoms with E-state index in [2.05, 4.69) is 42.0 Å². The minimum Gasteiger partial charge on any atom is -0.315 e. The highest BCUT2D eigenvalue weighted by atomic mass is 15.3. The van der Waals surface area contributed by atoms with Crippen LogP contribution in [-0.4, -0.2) is 22.9 Å². The first kappa shape index (κ1) is 10.8. The fourth-order valence-electron chi connectivity index (χ4n) is 2.83. The van der Waals surface area contributed by atoms with Crippen molar-refractivity contribution in [1.82, 2.24) is 15.1 Å². The van der Waals surface area contributed by atoms with Crippen LogP contribution in [0.3, 0.4) is 0 Å². The van der Waals surface area contributed by atoms with Gasteiger partial charge in [0.15, 0.2) is 0 Å². The number of benzene rings is 1. The molecule has 3 nitrogen and oxygen atoms in total. The zero-order chi connectivity index (χ0) is 11.8. The standard InChI is InChI=1S/C14H19N3/c1-10-5-3-7-13-11(2)16-17(14(10)13)12-6-4-8-15-9-12/h3,5,7,12,15H,4,6,8-9H2,1-2H3. The van der Waals surface area contributed by atoms with E-state index in [0.29, 0.717) is 6.04 Å². The minimum absolute atomic E-state index is 0.515. The van der Waals surface area contributed by atoms with Gasteiger partial charge in [0, 0.05) is 11.9 Å². The van der Waals surface area contributed by atoms with Crippen molar-refractivity contribution in [2.24, 2.45) is 0 Å². The molecule has 0 radical (unpaired) electrons. The second kappa shape index (κ2) is 4.15. The number of aryl methyl sites for hydroxylation is 2. The van der Waals surface area contributed by atoms with Crippen molar-refractivity contribution in [2.45, 2.75) is 32.7 Å². The monoisotopic (exact) mass is 229 g/mol. The SMILES string of the molecule is Cc1nn(C2CCCNC2)c2c(C)cccc12. The molecule has 0 aliphatic carbocycles. The first-order valence-corrected chi connectivity index (χ1v) is 6.42. The highest BCUT2D eigenvalue weighted by Gasteiger charge is 2.19. The van der Waals surface area contributed by atoms with Crippen LogP contribution < -0.4 is 5.32 Å². The van der Waals surface area contributed by atoms with Gasteiger partial charge in [-0.05, 0) is 38.8 Å². The van der Waals surface area contributed by atoms with E-state index in [1.165, 1.54) is 29.3 Å². The smallest absolute Gasteiger partial charge is 0.0718 e. The summed E-state index contributed by atoms with van der Waals surface area (Å²) in [6.45, 7) is 6.48. The molecule has 3 heteroatoms. The summed E-state index contributed by atoms with van der Waals surface area (Å²) in [6.07, 6.45) is 2.48. The quantitative estimate of drug-likeness (QED) is 0.814. The number of rotatable bonds is 1. The van der Waals surface area contributed by atoms with Gasteiger partial charge in [-0.25, -0.2) is 0 Å². The summed E-state index contributed by atoms with van der Waals surface area (Å²) in [5.41, 5.74) is 3.79. The normalized spacial score (nSPS) is 20.9. The molecule has 1 aromatic heterocycles. The average Bonchev–Trinajstić information content (AvgIpc) is 2.70. The van der Waals surface area contributed by atoms with E-state index in [4.69, 9.17) is 5.10 Å². The van der Waals surface area contributed by atoms with Gasteiger partial charge in [-0.1, -0.05) is 18.2 Å². The van der Waals surface area contributed by atoms with Gasteiger partial charge < -0.3 is 5.32 Å². The number of aromatic nitrogens is 2. The summed E-state index contributed by atoms with van der Waals surface area (Å²) in [6, 6.07) is 6.99. The fourth-order valence-corrected chi connectivity index (χ4v) is 2.83. The van der Waals surface area contributed by atoms with Crippen molar-refractivity contribution in [3.63, 3.8) is 0 Å². The summed E-state index contributed by atoms with van der Waals surface area (Å²) in [5.74, 6) is 0. The van der Waals surface area contributed by atoms with Gasteiger partial charge in [-0.3, -0.25) is 4.68 Å². The number of nitrogens with one attached hydrogen (secondary N) is 1. The third-order valence-electron chi connectivity index (χ3n) is 3.73. The molecule has 1 aliphatic heterocycles. The lowest BCUT2D eigenvalue weighted by Gasteiger charge is -2.24. The molecule has 0 spiro atoms. The Morgan fingerprint density at radius 3 is 3.00 bits per heavy atom. The van der Waals surface area contributed by atoms with Crippen molar-refractivity contribution in [3.05, 3.63) is 29.5 Å². The molecule has 1 N–H and O–H groups in total. The Bertz CT molecular complexity index is 536. The lowest BCUT2D eigenvalue weighted by molar-refractivity contribution is 0.353. The molecular weight excluding hydrogens is 210 g/mol. The van der Waals surface area contributed by atoms with Crippen LogP contribution in [0.25, 0.3) is 10.9 Å². The molecule has 1 aliphatic rings. The van der Waals surface area contributed by atoms with Gasteiger partial charge in [0.1, 0.15) is 0 Å². The van der Waals surface area contributed by atoms with Crippen LogP contribution in [0.15, 0.2) is 18.2 Å². The molecule has 0 amide bonds. The van der Waals surface area contributed by atoms with Gasteiger partial charge in [-0.15, -0.1) is 0 Å². The summed E-state index contributed by atoms with van der Waals surface area (Å²) >= 11 is 0. The largest absolute Gasteiger partial charge is 0.315 e. The van der Waals surface area contributed by atoms with E-state index in [1.54, 1.807) is 0 Å². The Morgan fingerprint density at radius 2 is 2.24 bits per heavy atom. The van der Waals surface area contributed by atoms with Crippen LogP contribution in [0.4, 0.5) is 0 Å². The molecule has 3 rings (SSSR count). The molecular formula is C14H19N3. The topological polar surface area (TPSA) is 29.9 Å². The Kier molecular flexibility index (Phi) is 2.63. The Balaban J connectivity index is 2.15. The number of hydrogen-bond donors (Lipinski definition) is 1. The van der Waals surface area contributed by atoms with Gasteiger partial charge in [0.25, 0.3) is 0 Å². The maximum atomic E-state index is 4.75. The Morgan fingerprint density at radius 1 is 1.35 bits per heavy atom. The van der Waals surface area contributed by atoms with Crippen molar-refractivity contribution in [2.75, 3.05) is 13.1 Å². The second-order valence-electron chi connectivity index (χ2n) is 5.00. The summed E-state index contributed by atoms with van der Waals surface area (Å²) in [5, 5.41) is 9.52. The predicted octanol–water partition coefficient (Wildman–Crippen LogP) is 2.58. The van der Waals surface area contributed by atoms with Gasteiger partial charge >= 0.3 is 0 Å². The number of hydrogen-bond acceptors (Lipinski definition) is 2. The second-order valence-corrected chi connectivity index (χ2v) is 5.00. The first-order valence-electron chi connectivity index (χ1n) is 6.42. The van der Waals surface area contributed by atoms with Gasteiger partial charge in [0.05, 0.1) is 17.3 Å². The zero-order valence-corrected chi connectivity index (χ0v) is 10.5. The lowest BCUT2D eigenvalue weighted by Crippen LogP contribution is -2.32. The molecule has 17 heavy (non-hydrogen) atoms. The number of nitrogens with zero attached hydrogens (tertiary/aromatic N) is 2. The van der Waals surface area contributed by atoms with Gasteiger partial charge in [0.2, 0.25) is 0 Å². The number of fused-ring (bicyclic) bond motifs is 1. The maximum absolute atomic E-state index is 4.75. The summed E-state index contributed by atoms with van der Waals surface area (Å²) < 4.78 is 2.24. The molecule has 1 saturated heterocycles. The highest BCUT2D eigenvalue weighted by Crippen LogP contribution is 2.27. The molecule has 1 aromatic carbocycles. The Hall–Kier alpha value is -1.35. The average molecular weight is 229 g/mol. The third-order valence-corrected chi connectivity index (χ3v) is 3.73. The zero-order valence-electron chi connectivity index (χ0n) is 10.5. The van der Waals surface area contributed by atoms with Crippen molar-refractivity contribution >= 4 is 10.9 Å². The van der Waals surface area contributed by atoms with E-state index in [0.717, 1.165) is 18.8 Å². The molecule has 0 bridgehead atoms. The van der Waals surface area contributed by atoms with Crippen LogP contribution >= 0.6 is 0 Å². The molecule has 1 atom stereocenters. The number of piperidine rings is 1. The molecule has 1 unspecified atom stereocenters. The molecule has 2 heterocycles. The van der Waals surface area contributed by atoms with Crippen LogP contribution in [-0.2, 0) is 0 Å². The minimum atomic E-state index is 0.515. The lowest BCUT2D eigenvalue weighted by atomic mass is 10.1. The molecule has 1 fully saturated rings. The molecule has 0 saturated carbocycles. The predicted molar refractivity (Wildman–Crippen MR) is 70.3 cm³/mol. The summed E-state index contributed by atoms with van der Waals surface area (Å²) in [7, 11) is 0. The maximum Gasteiger partial charge on any atom is 0.0718 e. The Labute approximate surface area is 102 Å². The van der Waals surface area contributed by atoms with E-state index in [9.17, 15) is 0 Å². The highest BCUT2D eigenvalue weighted by molar-refractivity contribution is 5.84. The summed E-state index contributed by atoms with van der Waals surface area (Å²) in [4.78, 5) is 0. The number of para-hydroxylation sites is 1. The molecule has 2 aromatic rings. The van der Waals surface area contributed by atoms with Gasteiger partial charge in [-0.2, -0.15) is 5.10 Å². The van der Waals surface area contributed by atoms with E-state index in [1.807, 2.05) is 0 Å². The van der Waals surface area contributed by atoms with E-state index in [-0.39, 0.29) is 0 Å². The van der Waals surface area contributed by atoms with Crippen molar-refractivity contribution in [3.8, 4) is 0 Å². The van der Waals surface area contributed by atoms with E-state index < -0.39 is 0 Å². The molecule has 90 valence electrons. The third kappa shape index (κ3) is 1.75. The van der Waals surface area contributed by atoms with Crippen LogP contribution in [0.5, 0.6) is 0 Å². The van der Waals surface area contributed by atoms with Crippen LogP contribution in [0.2, 0.25) is 0 Å².